The van der Waals surface area contributed by atoms with Crippen LogP contribution in [0.25, 0.3) is 43.1 Å². The molecule has 0 saturated heterocycles. The summed E-state index contributed by atoms with van der Waals surface area (Å²) >= 11 is 0. The molecule has 5 aromatic carbocycles. The minimum absolute atomic E-state index is 0.109. The maximum atomic E-state index is 14.4. The van der Waals surface area contributed by atoms with Crippen molar-refractivity contribution in [3.8, 4) is 0 Å². The Morgan fingerprint density at radius 2 is 0.765 bits per heavy atom. The Bertz CT molecular complexity index is 2010. The quantitative estimate of drug-likeness (QED) is 0.0398. The topological polar surface area (TPSA) is 74.8 Å². The number of nitrogens with zero attached hydrogens (tertiary/aromatic N) is 2. The third kappa shape index (κ3) is 6.08. The van der Waals surface area contributed by atoms with Crippen LogP contribution in [0.5, 0.6) is 0 Å². The molecule has 51 heavy (non-hydrogen) atoms. The monoisotopic (exact) mass is 684 g/mol. The van der Waals surface area contributed by atoms with Gasteiger partial charge in [0.05, 0.1) is 0 Å². The predicted octanol–water partition coefficient (Wildman–Crippen LogP) is 11.6. The molecule has 5 aromatic rings. The van der Waals surface area contributed by atoms with Crippen LogP contribution in [0.1, 0.15) is 165 Å². The first kappa shape index (κ1) is 35.1. The molecule has 4 amide bonds. The fraction of sp³-hybridized carbons (Fsp3) is 0.467. The van der Waals surface area contributed by atoms with Crippen LogP contribution < -0.4 is 0 Å². The molecule has 0 N–H and O–H groups in total. The Morgan fingerprint density at radius 1 is 0.412 bits per heavy atom. The van der Waals surface area contributed by atoms with E-state index in [9.17, 15) is 19.2 Å². The average molecular weight is 685 g/mol. The second-order valence-electron chi connectivity index (χ2n) is 15.0. The molecule has 266 valence electrons. The summed E-state index contributed by atoms with van der Waals surface area (Å²) in [5, 5.41) is 6.96. The van der Waals surface area contributed by atoms with Gasteiger partial charge in [0.1, 0.15) is 0 Å². The molecule has 0 radical (unpaired) electrons. The van der Waals surface area contributed by atoms with Crippen LogP contribution in [0.15, 0.2) is 48.5 Å². The third-order valence-electron chi connectivity index (χ3n) is 11.6. The van der Waals surface area contributed by atoms with Crippen molar-refractivity contribution < 1.29 is 19.2 Å². The molecule has 0 aliphatic carbocycles. The average Bonchev–Trinajstić information content (AvgIpc) is 3.14. The second kappa shape index (κ2) is 15.1. The zero-order valence-corrected chi connectivity index (χ0v) is 30.7. The first-order valence-electron chi connectivity index (χ1n) is 19.9. The molecule has 0 bridgehead atoms. The van der Waals surface area contributed by atoms with Crippen molar-refractivity contribution in [1.82, 2.24) is 9.80 Å². The van der Waals surface area contributed by atoms with Gasteiger partial charge in [0, 0.05) is 45.6 Å². The van der Waals surface area contributed by atoms with E-state index in [1.165, 1.54) is 24.2 Å². The van der Waals surface area contributed by atoms with E-state index in [1.807, 2.05) is 48.5 Å². The molecular formula is C45H52N2O4. The van der Waals surface area contributed by atoms with Crippen LogP contribution in [0.2, 0.25) is 0 Å². The van der Waals surface area contributed by atoms with Gasteiger partial charge in [-0.25, -0.2) is 0 Å². The van der Waals surface area contributed by atoms with E-state index in [4.69, 9.17) is 0 Å². The molecule has 2 heterocycles. The molecular weight excluding hydrogens is 633 g/mol. The van der Waals surface area contributed by atoms with E-state index in [0.717, 1.165) is 121 Å². The summed E-state index contributed by atoms with van der Waals surface area (Å²) in [6.07, 6.45) is 17.0. The summed E-state index contributed by atoms with van der Waals surface area (Å²) in [5.41, 5.74) is 2.30. The molecule has 0 aromatic heterocycles. The number of rotatable bonds is 18. The number of hydrogen-bond acceptors (Lipinski definition) is 4. The molecule has 0 saturated carbocycles. The van der Waals surface area contributed by atoms with Crippen molar-refractivity contribution in [2.24, 2.45) is 0 Å². The molecule has 7 rings (SSSR count). The fourth-order valence-corrected chi connectivity index (χ4v) is 8.94. The molecule has 1 unspecified atom stereocenters. The molecule has 6 heteroatoms. The van der Waals surface area contributed by atoms with Crippen molar-refractivity contribution in [2.75, 3.05) is 6.54 Å². The molecule has 0 fully saturated rings. The van der Waals surface area contributed by atoms with E-state index < -0.39 is 0 Å². The minimum atomic E-state index is -0.228. The molecule has 6 nitrogen and oxygen atoms in total. The number of benzene rings is 5. The van der Waals surface area contributed by atoms with E-state index in [0.29, 0.717) is 34.2 Å². The lowest BCUT2D eigenvalue weighted by molar-refractivity contribution is 0.0514. The van der Waals surface area contributed by atoms with Crippen molar-refractivity contribution in [2.45, 2.75) is 130 Å². The Hall–Kier alpha value is -4.32. The van der Waals surface area contributed by atoms with Crippen molar-refractivity contribution >= 4 is 66.7 Å². The summed E-state index contributed by atoms with van der Waals surface area (Å²) in [4.78, 5) is 59.6. The summed E-state index contributed by atoms with van der Waals surface area (Å²) in [6.45, 7) is 7.02. The lowest BCUT2D eigenvalue weighted by Crippen LogP contribution is -2.47. The smallest absolute Gasteiger partial charge is 0.261 e. The first-order chi connectivity index (χ1) is 24.9. The van der Waals surface area contributed by atoms with Gasteiger partial charge in [0.15, 0.2) is 0 Å². The number of amides is 4. The Balaban J connectivity index is 1.29. The number of imide groups is 2. The Kier molecular flexibility index (Phi) is 10.4. The maximum absolute atomic E-state index is 14.4. The van der Waals surface area contributed by atoms with Crippen LogP contribution in [0.3, 0.4) is 0 Å². The minimum Gasteiger partial charge on any atom is -0.274 e. The summed E-state index contributed by atoms with van der Waals surface area (Å²) in [5.74, 6) is -0.832. The largest absolute Gasteiger partial charge is 0.274 e. The predicted molar refractivity (Wildman–Crippen MR) is 208 cm³/mol. The summed E-state index contributed by atoms with van der Waals surface area (Å²) in [6, 6.07) is 15.4. The van der Waals surface area contributed by atoms with Gasteiger partial charge in [0.2, 0.25) is 0 Å². The van der Waals surface area contributed by atoms with E-state index in [1.54, 1.807) is 4.90 Å². The number of unbranched alkanes of at least 4 members (excludes halogenated alkanes) is 11. The second-order valence-corrected chi connectivity index (χ2v) is 15.0. The SMILES string of the molecule is CCCCCCCC(CCCCCC)N1C(=O)c2ccc3c4ccc5c6c(ccc(c7ccc(c2c37)C1=O)c64)C(=O)N(CCCCCCC)C5=O. The van der Waals surface area contributed by atoms with Gasteiger partial charge in [-0.3, -0.25) is 29.0 Å². The summed E-state index contributed by atoms with van der Waals surface area (Å²) < 4.78 is 0. The highest BCUT2D eigenvalue weighted by molar-refractivity contribution is 6.41. The van der Waals surface area contributed by atoms with E-state index in [2.05, 4.69) is 20.8 Å². The van der Waals surface area contributed by atoms with Gasteiger partial charge in [-0.1, -0.05) is 129 Å². The van der Waals surface area contributed by atoms with Gasteiger partial charge < -0.3 is 0 Å². The number of carbonyl (C=O) groups excluding carboxylic acids is 4. The number of carbonyl (C=O) groups is 4. The van der Waals surface area contributed by atoms with Crippen LogP contribution in [0.4, 0.5) is 0 Å². The number of hydrogen-bond donors (Lipinski definition) is 0. The normalized spacial score (nSPS) is 15.1. The fourth-order valence-electron chi connectivity index (χ4n) is 8.94. The third-order valence-corrected chi connectivity index (χ3v) is 11.6. The summed E-state index contributed by atoms with van der Waals surface area (Å²) in [7, 11) is 0. The lowest BCUT2D eigenvalue weighted by Gasteiger charge is -2.35. The van der Waals surface area contributed by atoms with Crippen LogP contribution in [-0.2, 0) is 0 Å². The van der Waals surface area contributed by atoms with Crippen LogP contribution >= 0.6 is 0 Å². The van der Waals surface area contributed by atoms with Gasteiger partial charge in [-0.15, -0.1) is 0 Å². The highest BCUT2D eigenvalue weighted by Gasteiger charge is 2.39. The first-order valence-corrected chi connectivity index (χ1v) is 19.9. The standard InChI is InChI=1S/C45H52N2O4/c1-4-7-10-13-16-19-29(18-15-12-9-6-3)47-44(50)36-26-22-32-30-20-24-34-40-35(43(49)46(42(34)48)28-17-14-11-8-5-2)25-21-31(38(30)40)33-23-27-37(45(47)51)41(36)39(32)33/h20-27,29H,4-19,28H2,1-3H3. The Labute approximate surface area is 301 Å². The molecule has 0 spiro atoms. The Morgan fingerprint density at radius 3 is 1.18 bits per heavy atom. The van der Waals surface area contributed by atoms with Crippen LogP contribution in [0, 0.1) is 0 Å². The van der Waals surface area contributed by atoms with Gasteiger partial charge in [0.25, 0.3) is 23.6 Å². The van der Waals surface area contributed by atoms with E-state index in [-0.39, 0.29) is 29.7 Å². The zero-order chi connectivity index (χ0) is 35.6. The van der Waals surface area contributed by atoms with Gasteiger partial charge in [-0.05, 0) is 75.8 Å². The molecule has 2 aliphatic rings. The van der Waals surface area contributed by atoms with Gasteiger partial charge >= 0.3 is 0 Å². The molecule has 2 aliphatic heterocycles. The van der Waals surface area contributed by atoms with Crippen molar-refractivity contribution in [1.29, 1.82) is 0 Å². The maximum Gasteiger partial charge on any atom is 0.261 e. The molecule has 1 atom stereocenters. The van der Waals surface area contributed by atoms with Crippen LogP contribution in [-0.4, -0.2) is 46.0 Å². The van der Waals surface area contributed by atoms with Crippen molar-refractivity contribution in [3.63, 3.8) is 0 Å². The van der Waals surface area contributed by atoms with Crippen molar-refractivity contribution in [3.05, 3.63) is 70.8 Å². The zero-order valence-electron chi connectivity index (χ0n) is 30.7. The van der Waals surface area contributed by atoms with Gasteiger partial charge in [-0.2, -0.15) is 0 Å². The van der Waals surface area contributed by atoms with E-state index >= 15 is 0 Å². The lowest BCUT2D eigenvalue weighted by atomic mass is 9.82. The highest BCUT2D eigenvalue weighted by Crippen LogP contribution is 2.46. The highest BCUT2D eigenvalue weighted by atomic mass is 16.2. The number of fused-ring (bicyclic) bond motifs is 2.